The summed E-state index contributed by atoms with van der Waals surface area (Å²) in [4.78, 5) is 4.92. The first kappa shape index (κ1) is 13.1. The summed E-state index contributed by atoms with van der Waals surface area (Å²) in [6.07, 6.45) is 6.37. The van der Waals surface area contributed by atoms with Crippen LogP contribution in [0.3, 0.4) is 0 Å². The van der Waals surface area contributed by atoms with E-state index >= 15 is 0 Å². The van der Waals surface area contributed by atoms with Crippen molar-refractivity contribution < 1.29 is 4.74 Å². The fourth-order valence-corrected chi connectivity index (χ4v) is 2.90. The number of hydrogen-bond acceptors (Lipinski definition) is 3. The van der Waals surface area contributed by atoms with E-state index in [-0.39, 0.29) is 0 Å². The van der Waals surface area contributed by atoms with Crippen LogP contribution in [0.5, 0.6) is 5.75 Å². The number of ether oxygens (including phenoxy) is 1. The van der Waals surface area contributed by atoms with Crippen molar-refractivity contribution in [2.24, 2.45) is 5.73 Å². The highest BCUT2D eigenvalue weighted by atomic mass is 32.1. The number of benzene rings is 1. The first-order chi connectivity index (χ1) is 9.70. The van der Waals surface area contributed by atoms with Gasteiger partial charge in [-0.2, -0.15) is 0 Å². The topological polar surface area (TPSA) is 53.1 Å². The number of thiocarbonyl (C=S) groups is 1. The van der Waals surface area contributed by atoms with Gasteiger partial charge in [-0.15, -0.1) is 0 Å². The van der Waals surface area contributed by atoms with Crippen molar-refractivity contribution in [2.75, 3.05) is 7.11 Å². The van der Waals surface area contributed by atoms with Crippen LogP contribution in [0.25, 0.3) is 5.69 Å². The van der Waals surface area contributed by atoms with Crippen molar-refractivity contribution in [3.8, 4) is 11.4 Å². The number of aromatic nitrogens is 2. The van der Waals surface area contributed by atoms with Crippen LogP contribution in [-0.2, 0) is 12.8 Å². The van der Waals surface area contributed by atoms with Crippen LogP contribution < -0.4 is 10.5 Å². The van der Waals surface area contributed by atoms with E-state index in [0.717, 1.165) is 29.8 Å². The van der Waals surface area contributed by atoms with Crippen LogP contribution in [0, 0.1) is 0 Å². The summed E-state index contributed by atoms with van der Waals surface area (Å²) in [6, 6.07) is 5.75. The van der Waals surface area contributed by atoms with Crippen molar-refractivity contribution in [1.82, 2.24) is 9.55 Å². The lowest BCUT2D eigenvalue weighted by Crippen LogP contribution is -2.15. The SMILES string of the molecule is COc1ccc(C(N)=S)c(-n2cnc3c2CCCC3)c1. The zero-order valence-corrected chi connectivity index (χ0v) is 12.2. The highest BCUT2D eigenvalue weighted by Crippen LogP contribution is 2.27. The van der Waals surface area contributed by atoms with E-state index in [4.69, 9.17) is 22.7 Å². The molecule has 5 heteroatoms. The predicted molar refractivity (Wildman–Crippen MR) is 82.6 cm³/mol. The lowest BCUT2D eigenvalue weighted by Gasteiger charge is -2.17. The van der Waals surface area contributed by atoms with Crippen molar-refractivity contribution in [1.29, 1.82) is 0 Å². The third kappa shape index (κ3) is 2.18. The average molecular weight is 287 g/mol. The number of imidazole rings is 1. The Morgan fingerprint density at radius 2 is 2.15 bits per heavy atom. The van der Waals surface area contributed by atoms with Gasteiger partial charge in [0.25, 0.3) is 0 Å². The van der Waals surface area contributed by atoms with Gasteiger partial charge in [-0.3, -0.25) is 0 Å². The van der Waals surface area contributed by atoms with Gasteiger partial charge in [0.15, 0.2) is 0 Å². The molecule has 1 aromatic carbocycles. The molecule has 2 aromatic rings. The largest absolute Gasteiger partial charge is 0.497 e. The molecule has 0 radical (unpaired) electrons. The molecule has 3 rings (SSSR count). The average Bonchev–Trinajstić information content (AvgIpc) is 2.90. The molecular weight excluding hydrogens is 270 g/mol. The number of methoxy groups -OCH3 is 1. The van der Waals surface area contributed by atoms with Crippen LogP contribution in [0.2, 0.25) is 0 Å². The van der Waals surface area contributed by atoms with Gasteiger partial charge < -0.3 is 15.0 Å². The lowest BCUT2D eigenvalue weighted by molar-refractivity contribution is 0.414. The Balaban J connectivity index is 2.17. The van der Waals surface area contributed by atoms with E-state index in [2.05, 4.69) is 9.55 Å². The Labute approximate surface area is 123 Å². The van der Waals surface area contributed by atoms with E-state index in [9.17, 15) is 0 Å². The molecule has 0 bridgehead atoms. The number of nitrogens with two attached hydrogens (primary N) is 1. The number of nitrogens with zero attached hydrogens (tertiary/aromatic N) is 2. The maximum atomic E-state index is 5.85. The minimum absolute atomic E-state index is 0.390. The van der Waals surface area contributed by atoms with Crippen molar-refractivity contribution >= 4 is 17.2 Å². The molecule has 0 aliphatic heterocycles. The summed E-state index contributed by atoms with van der Waals surface area (Å²) in [7, 11) is 1.66. The minimum atomic E-state index is 0.390. The molecule has 0 fully saturated rings. The van der Waals surface area contributed by atoms with Gasteiger partial charge in [0.05, 0.1) is 24.8 Å². The Morgan fingerprint density at radius 3 is 2.90 bits per heavy atom. The maximum absolute atomic E-state index is 5.85. The Kier molecular flexibility index (Phi) is 3.44. The number of aryl methyl sites for hydroxylation is 1. The standard InChI is InChI=1S/C15H17N3OS/c1-19-10-6-7-11(15(16)20)14(8-10)18-9-17-12-4-2-3-5-13(12)18/h6-9H,2-5H2,1H3,(H2,16,20). The van der Waals surface area contributed by atoms with Crippen LogP contribution in [0.4, 0.5) is 0 Å². The van der Waals surface area contributed by atoms with E-state index in [1.165, 1.54) is 24.2 Å². The number of fused-ring (bicyclic) bond motifs is 1. The fourth-order valence-electron chi connectivity index (χ4n) is 2.72. The van der Waals surface area contributed by atoms with Crippen molar-refractivity contribution in [2.45, 2.75) is 25.7 Å². The van der Waals surface area contributed by atoms with Gasteiger partial charge in [-0.05, 0) is 37.8 Å². The molecule has 0 saturated heterocycles. The molecule has 0 spiro atoms. The molecule has 20 heavy (non-hydrogen) atoms. The summed E-state index contributed by atoms with van der Waals surface area (Å²) in [5, 5.41) is 0. The summed E-state index contributed by atoms with van der Waals surface area (Å²) in [6.45, 7) is 0. The Bertz CT molecular complexity index is 663. The summed E-state index contributed by atoms with van der Waals surface area (Å²) in [5.74, 6) is 0.790. The molecule has 0 atom stereocenters. The second-order valence-electron chi connectivity index (χ2n) is 4.96. The molecule has 2 N–H and O–H groups in total. The molecule has 0 amide bonds. The third-order valence-corrected chi connectivity index (χ3v) is 3.98. The maximum Gasteiger partial charge on any atom is 0.120 e. The summed E-state index contributed by atoms with van der Waals surface area (Å²) >= 11 is 5.16. The highest BCUT2D eigenvalue weighted by Gasteiger charge is 2.18. The summed E-state index contributed by atoms with van der Waals surface area (Å²) in [5.41, 5.74) is 10.1. The molecule has 0 unspecified atom stereocenters. The fraction of sp³-hybridized carbons (Fsp3) is 0.333. The van der Waals surface area contributed by atoms with Gasteiger partial charge in [0.1, 0.15) is 10.7 Å². The molecule has 1 aromatic heterocycles. The van der Waals surface area contributed by atoms with Gasteiger partial charge in [0.2, 0.25) is 0 Å². The van der Waals surface area contributed by atoms with Crippen molar-refractivity contribution in [3.63, 3.8) is 0 Å². The lowest BCUT2D eigenvalue weighted by atomic mass is 10.0. The van der Waals surface area contributed by atoms with E-state index < -0.39 is 0 Å². The van der Waals surface area contributed by atoms with Gasteiger partial charge in [-0.1, -0.05) is 12.2 Å². The molecule has 4 nitrogen and oxygen atoms in total. The molecular formula is C15H17N3OS. The van der Waals surface area contributed by atoms with E-state index in [1.54, 1.807) is 7.11 Å². The predicted octanol–water partition coefficient (Wildman–Crippen LogP) is 2.39. The first-order valence-electron chi connectivity index (χ1n) is 6.74. The Morgan fingerprint density at radius 1 is 1.35 bits per heavy atom. The monoisotopic (exact) mass is 287 g/mol. The smallest absolute Gasteiger partial charge is 0.120 e. The van der Waals surface area contributed by atoms with E-state index in [0.29, 0.717) is 4.99 Å². The van der Waals surface area contributed by atoms with Gasteiger partial charge in [-0.25, -0.2) is 4.98 Å². The van der Waals surface area contributed by atoms with Crippen LogP contribution in [-0.4, -0.2) is 21.6 Å². The van der Waals surface area contributed by atoms with Crippen LogP contribution in [0.1, 0.15) is 29.8 Å². The molecule has 104 valence electrons. The molecule has 0 saturated carbocycles. The quantitative estimate of drug-likeness (QED) is 0.881. The molecule has 1 aliphatic rings. The van der Waals surface area contributed by atoms with Gasteiger partial charge >= 0.3 is 0 Å². The number of hydrogen-bond donors (Lipinski definition) is 1. The van der Waals surface area contributed by atoms with Crippen molar-refractivity contribution in [3.05, 3.63) is 41.5 Å². The highest BCUT2D eigenvalue weighted by molar-refractivity contribution is 7.80. The normalized spacial score (nSPS) is 13.8. The van der Waals surface area contributed by atoms with Gasteiger partial charge in [0, 0.05) is 17.3 Å². The second-order valence-corrected chi connectivity index (χ2v) is 5.40. The zero-order chi connectivity index (χ0) is 14.1. The summed E-state index contributed by atoms with van der Waals surface area (Å²) < 4.78 is 7.42. The minimum Gasteiger partial charge on any atom is -0.497 e. The third-order valence-electron chi connectivity index (χ3n) is 3.76. The Hall–Kier alpha value is -1.88. The second kappa shape index (κ2) is 5.25. The first-order valence-corrected chi connectivity index (χ1v) is 7.15. The molecule has 1 aliphatic carbocycles. The van der Waals surface area contributed by atoms with E-state index in [1.807, 2.05) is 24.5 Å². The van der Waals surface area contributed by atoms with Crippen LogP contribution >= 0.6 is 12.2 Å². The number of rotatable bonds is 3. The van der Waals surface area contributed by atoms with Crippen LogP contribution in [0.15, 0.2) is 24.5 Å². The molecule has 1 heterocycles. The zero-order valence-electron chi connectivity index (χ0n) is 11.4.